The Balaban J connectivity index is 2.08. The number of carbonyl (C=O) groups excluding carboxylic acids is 1. The van der Waals surface area contributed by atoms with E-state index in [0.29, 0.717) is 11.3 Å². The molecule has 4 nitrogen and oxygen atoms in total. The molecule has 0 radical (unpaired) electrons. The maximum atomic E-state index is 13.0. The molecule has 0 saturated carbocycles. The van der Waals surface area contributed by atoms with Crippen LogP contribution in [0.25, 0.3) is 22.8 Å². The van der Waals surface area contributed by atoms with Crippen LogP contribution in [0.4, 0.5) is 4.39 Å². The van der Waals surface area contributed by atoms with Crippen LogP contribution < -0.4 is 5.11 Å². The molecule has 0 aliphatic rings. The molecule has 0 N–H and O–H groups in total. The Labute approximate surface area is 125 Å². The molecule has 5 heteroatoms. The summed E-state index contributed by atoms with van der Waals surface area (Å²) in [6, 6.07) is 14.7. The number of carbonyl (C=O) groups is 1. The Morgan fingerprint density at radius 2 is 1.73 bits per heavy atom. The molecule has 3 aromatic rings. The van der Waals surface area contributed by atoms with Crippen LogP contribution in [0.5, 0.6) is 0 Å². The standard InChI is InChI=1S/C17H12FNO3/c18-13-8-6-12(7-9-13)17-19-14(10-15(20)21)16(22-17)11-4-2-1-3-5-11/h1-9H,10H2,(H,20,21)/p-1. The fourth-order valence-corrected chi connectivity index (χ4v) is 2.14. The van der Waals surface area contributed by atoms with E-state index in [9.17, 15) is 14.3 Å². The summed E-state index contributed by atoms with van der Waals surface area (Å²) in [5, 5.41) is 10.9. The molecule has 0 aliphatic heterocycles. The topological polar surface area (TPSA) is 66.2 Å². The Morgan fingerprint density at radius 3 is 2.36 bits per heavy atom. The van der Waals surface area contributed by atoms with E-state index in [1.54, 1.807) is 12.1 Å². The number of carboxylic acids is 1. The van der Waals surface area contributed by atoms with Crippen LogP contribution in [-0.2, 0) is 11.2 Å². The van der Waals surface area contributed by atoms with E-state index in [2.05, 4.69) is 4.98 Å². The van der Waals surface area contributed by atoms with Crippen LogP contribution in [0.1, 0.15) is 5.69 Å². The molecule has 3 rings (SSSR count). The zero-order valence-electron chi connectivity index (χ0n) is 11.5. The van der Waals surface area contributed by atoms with Gasteiger partial charge in [-0.25, -0.2) is 9.37 Å². The van der Waals surface area contributed by atoms with E-state index in [4.69, 9.17) is 4.42 Å². The van der Waals surface area contributed by atoms with Gasteiger partial charge in [-0.2, -0.15) is 0 Å². The maximum absolute atomic E-state index is 13.0. The molecule has 110 valence electrons. The quantitative estimate of drug-likeness (QED) is 0.741. The lowest BCUT2D eigenvalue weighted by molar-refractivity contribution is -0.304. The van der Waals surface area contributed by atoms with Crippen molar-refractivity contribution in [2.75, 3.05) is 0 Å². The lowest BCUT2D eigenvalue weighted by Gasteiger charge is -2.01. The Hall–Kier alpha value is -2.95. The largest absolute Gasteiger partial charge is 0.550 e. The number of aromatic nitrogens is 1. The first-order valence-corrected chi connectivity index (χ1v) is 6.64. The third-order valence-electron chi connectivity index (χ3n) is 3.14. The van der Waals surface area contributed by atoms with Gasteiger partial charge in [-0.1, -0.05) is 30.3 Å². The summed E-state index contributed by atoms with van der Waals surface area (Å²) in [7, 11) is 0. The molecule has 0 amide bonds. The van der Waals surface area contributed by atoms with Gasteiger partial charge in [0.15, 0.2) is 5.76 Å². The van der Waals surface area contributed by atoms with Gasteiger partial charge < -0.3 is 14.3 Å². The van der Waals surface area contributed by atoms with Gasteiger partial charge >= 0.3 is 0 Å². The molecule has 1 aromatic heterocycles. The Bertz CT molecular complexity index is 795. The minimum Gasteiger partial charge on any atom is -0.550 e. The SMILES string of the molecule is O=C([O-])Cc1nc(-c2ccc(F)cc2)oc1-c1ccccc1. The highest BCUT2D eigenvalue weighted by molar-refractivity contribution is 5.73. The highest BCUT2D eigenvalue weighted by Crippen LogP contribution is 2.30. The fourth-order valence-electron chi connectivity index (χ4n) is 2.14. The molecule has 0 fully saturated rings. The van der Waals surface area contributed by atoms with Crippen molar-refractivity contribution in [2.24, 2.45) is 0 Å². The molecular formula is C17H11FNO3-. The summed E-state index contributed by atoms with van der Waals surface area (Å²) in [5.74, 6) is -0.982. The van der Waals surface area contributed by atoms with Gasteiger partial charge in [0.2, 0.25) is 5.89 Å². The normalized spacial score (nSPS) is 10.6. The van der Waals surface area contributed by atoms with Crippen LogP contribution in [-0.4, -0.2) is 11.0 Å². The summed E-state index contributed by atoms with van der Waals surface area (Å²) in [6.45, 7) is 0. The first-order valence-electron chi connectivity index (χ1n) is 6.64. The van der Waals surface area contributed by atoms with Crippen LogP contribution in [0.15, 0.2) is 59.0 Å². The van der Waals surface area contributed by atoms with Crippen molar-refractivity contribution in [3.8, 4) is 22.8 Å². The number of benzene rings is 2. The number of hydrogen-bond donors (Lipinski definition) is 0. The first-order chi connectivity index (χ1) is 10.6. The molecule has 22 heavy (non-hydrogen) atoms. The van der Waals surface area contributed by atoms with Crippen molar-refractivity contribution in [1.82, 2.24) is 4.98 Å². The number of nitrogens with zero attached hydrogens (tertiary/aromatic N) is 1. The number of rotatable bonds is 4. The smallest absolute Gasteiger partial charge is 0.227 e. The monoisotopic (exact) mass is 296 g/mol. The minimum absolute atomic E-state index is 0.245. The molecular weight excluding hydrogens is 285 g/mol. The summed E-state index contributed by atoms with van der Waals surface area (Å²) in [5.41, 5.74) is 1.58. The van der Waals surface area contributed by atoms with Gasteiger partial charge in [-0.15, -0.1) is 0 Å². The second-order valence-corrected chi connectivity index (χ2v) is 4.72. The van der Waals surface area contributed by atoms with Crippen molar-refractivity contribution < 1.29 is 18.7 Å². The van der Waals surface area contributed by atoms with Crippen molar-refractivity contribution in [3.05, 3.63) is 66.1 Å². The van der Waals surface area contributed by atoms with Gasteiger partial charge in [-0.3, -0.25) is 0 Å². The highest BCUT2D eigenvalue weighted by atomic mass is 19.1. The van der Waals surface area contributed by atoms with Crippen LogP contribution in [0.2, 0.25) is 0 Å². The van der Waals surface area contributed by atoms with E-state index in [0.717, 1.165) is 5.56 Å². The molecule has 0 aliphatic carbocycles. The zero-order chi connectivity index (χ0) is 15.5. The third-order valence-corrected chi connectivity index (χ3v) is 3.14. The molecule has 2 aromatic carbocycles. The van der Waals surface area contributed by atoms with E-state index in [1.165, 1.54) is 24.3 Å². The van der Waals surface area contributed by atoms with Crippen molar-refractivity contribution in [3.63, 3.8) is 0 Å². The Morgan fingerprint density at radius 1 is 1.05 bits per heavy atom. The van der Waals surface area contributed by atoms with Crippen LogP contribution >= 0.6 is 0 Å². The van der Waals surface area contributed by atoms with Crippen molar-refractivity contribution in [2.45, 2.75) is 6.42 Å². The Kier molecular flexibility index (Phi) is 3.70. The summed E-state index contributed by atoms with van der Waals surface area (Å²) in [6.07, 6.45) is -0.352. The lowest BCUT2D eigenvalue weighted by atomic mass is 10.1. The molecule has 0 saturated heterocycles. The number of hydrogen-bond acceptors (Lipinski definition) is 4. The zero-order valence-corrected chi connectivity index (χ0v) is 11.5. The van der Waals surface area contributed by atoms with E-state index < -0.39 is 5.97 Å². The fraction of sp³-hybridized carbons (Fsp3) is 0.0588. The molecule has 0 spiro atoms. The maximum Gasteiger partial charge on any atom is 0.227 e. The lowest BCUT2D eigenvalue weighted by Crippen LogP contribution is -2.24. The van der Waals surface area contributed by atoms with E-state index in [1.807, 2.05) is 18.2 Å². The predicted octanol–water partition coefficient (Wildman–Crippen LogP) is 2.44. The summed E-state index contributed by atoms with van der Waals surface area (Å²) < 4.78 is 18.7. The summed E-state index contributed by atoms with van der Waals surface area (Å²) in [4.78, 5) is 15.1. The predicted molar refractivity (Wildman–Crippen MR) is 76.0 cm³/mol. The van der Waals surface area contributed by atoms with Gasteiger partial charge in [0, 0.05) is 23.5 Å². The number of oxazole rings is 1. The molecule has 1 heterocycles. The number of halogens is 1. The molecule has 0 unspecified atom stereocenters. The highest BCUT2D eigenvalue weighted by Gasteiger charge is 2.16. The minimum atomic E-state index is -1.24. The molecule has 0 atom stereocenters. The average molecular weight is 296 g/mol. The van der Waals surface area contributed by atoms with Crippen molar-refractivity contribution in [1.29, 1.82) is 0 Å². The second kappa shape index (κ2) is 5.81. The van der Waals surface area contributed by atoms with Gasteiger partial charge in [0.25, 0.3) is 0 Å². The van der Waals surface area contributed by atoms with Crippen LogP contribution in [0.3, 0.4) is 0 Å². The summed E-state index contributed by atoms with van der Waals surface area (Å²) >= 11 is 0. The molecule has 0 bridgehead atoms. The second-order valence-electron chi connectivity index (χ2n) is 4.72. The average Bonchev–Trinajstić information content (AvgIpc) is 2.92. The first kappa shape index (κ1) is 14.0. The van der Waals surface area contributed by atoms with Gasteiger partial charge in [0.1, 0.15) is 5.82 Å². The van der Waals surface area contributed by atoms with Crippen molar-refractivity contribution >= 4 is 5.97 Å². The van der Waals surface area contributed by atoms with E-state index in [-0.39, 0.29) is 23.8 Å². The number of aliphatic carboxylic acids is 1. The number of carboxylic acid groups (broad SMARTS) is 1. The van der Waals surface area contributed by atoms with Crippen LogP contribution in [0, 0.1) is 5.82 Å². The van der Waals surface area contributed by atoms with Gasteiger partial charge in [-0.05, 0) is 24.3 Å². The van der Waals surface area contributed by atoms with Gasteiger partial charge in [0.05, 0.1) is 5.69 Å². The van der Waals surface area contributed by atoms with E-state index >= 15 is 0 Å². The third kappa shape index (κ3) is 2.88.